The molecule has 0 amide bonds. The summed E-state index contributed by atoms with van der Waals surface area (Å²) in [6, 6.07) is 0. The quantitative estimate of drug-likeness (QED) is 0.191. The van der Waals surface area contributed by atoms with Gasteiger partial charge in [-0.05, 0) is 13.8 Å². The number of hydrogen-bond donors (Lipinski definition) is 0. The molecular weight excluding hydrogens is 132 g/mol. The number of ether oxygens (including phenoxy) is 1. The lowest BCUT2D eigenvalue weighted by Gasteiger charge is -1.93. The second-order valence-corrected chi connectivity index (χ2v) is 1.70. The molecule has 0 saturated carbocycles. The lowest BCUT2D eigenvalue weighted by atomic mass is 10.2. The van der Waals surface area contributed by atoms with Crippen LogP contribution in [0.1, 0.15) is 13.8 Å². The molecule has 0 aliphatic heterocycles. The summed E-state index contributed by atoms with van der Waals surface area (Å²) < 4.78 is 4.73. The van der Waals surface area contributed by atoms with Crippen LogP contribution in [0.25, 0.3) is 0 Å². The number of ketones is 1. The van der Waals surface area contributed by atoms with Crippen LogP contribution in [-0.4, -0.2) is 18.7 Å². The second-order valence-electron chi connectivity index (χ2n) is 1.70. The minimum atomic E-state index is -0.275. The molecule has 0 aliphatic carbocycles. The summed E-state index contributed by atoms with van der Waals surface area (Å²) in [5, 5.41) is 0. The average Bonchev–Trinajstić information content (AvgIpc) is 1.89. The van der Waals surface area contributed by atoms with E-state index in [1.165, 1.54) is 13.2 Å². The first-order valence-corrected chi connectivity index (χ1v) is 3.00. The van der Waals surface area contributed by atoms with E-state index in [0.717, 1.165) is 0 Å². The van der Waals surface area contributed by atoms with Crippen molar-refractivity contribution < 1.29 is 14.3 Å². The third kappa shape index (κ3) is 3.02. The number of aldehydes is 1. The Morgan fingerprint density at radius 3 is 2.50 bits per heavy atom. The molecule has 0 atom stereocenters. The molecule has 0 fully saturated rings. The van der Waals surface area contributed by atoms with Gasteiger partial charge >= 0.3 is 0 Å². The molecule has 0 aromatic carbocycles. The molecule has 10 heavy (non-hydrogen) atoms. The number of allylic oxidation sites excluding steroid dienone is 1. The van der Waals surface area contributed by atoms with Gasteiger partial charge in [-0.3, -0.25) is 9.59 Å². The Hall–Kier alpha value is -1.12. The van der Waals surface area contributed by atoms with Gasteiger partial charge in [0.25, 0.3) is 0 Å². The van der Waals surface area contributed by atoms with E-state index in [1.54, 1.807) is 6.92 Å². The predicted molar refractivity (Wildman–Crippen MR) is 36.5 cm³/mol. The number of hydrogen-bond acceptors (Lipinski definition) is 3. The van der Waals surface area contributed by atoms with Gasteiger partial charge in [0.2, 0.25) is 0 Å². The summed E-state index contributed by atoms with van der Waals surface area (Å²) in [5.41, 5.74) is 0.0712. The summed E-state index contributed by atoms with van der Waals surface area (Å²) in [4.78, 5) is 20.6. The number of carbonyl (C=O) groups is 2. The minimum Gasteiger partial charge on any atom is -0.501 e. The van der Waals surface area contributed by atoms with Gasteiger partial charge in [-0.1, -0.05) is 0 Å². The van der Waals surface area contributed by atoms with Gasteiger partial charge in [0.05, 0.1) is 18.4 Å². The van der Waals surface area contributed by atoms with Gasteiger partial charge in [-0.25, -0.2) is 0 Å². The molecule has 0 aromatic rings. The molecule has 0 saturated heterocycles. The summed E-state index contributed by atoms with van der Waals surface area (Å²) in [7, 11) is 0. The largest absolute Gasteiger partial charge is 0.501 e. The van der Waals surface area contributed by atoms with E-state index < -0.39 is 0 Å². The van der Waals surface area contributed by atoms with Crippen molar-refractivity contribution in [3.63, 3.8) is 0 Å². The van der Waals surface area contributed by atoms with Crippen LogP contribution in [0.5, 0.6) is 0 Å². The molecule has 0 bridgehead atoms. The van der Waals surface area contributed by atoms with Crippen molar-refractivity contribution in [2.45, 2.75) is 13.8 Å². The number of carbonyl (C=O) groups excluding carboxylic acids is 2. The third-order valence-electron chi connectivity index (χ3n) is 0.910. The van der Waals surface area contributed by atoms with Gasteiger partial charge in [-0.15, -0.1) is 0 Å². The molecule has 0 heterocycles. The second kappa shape index (κ2) is 4.73. The Morgan fingerprint density at radius 2 is 2.20 bits per heavy atom. The summed E-state index contributed by atoms with van der Waals surface area (Å²) in [6.45, 7) is 3.56. The van der Waals surface area contributed by atoms with Crippen LogP contribution in [0.3, 0.4) is 0 Å². The molecule has 3 nitrogen and oxygen atoms in total. The molecule has 56 valence electrons. The van der Waals surface area contributed by atoms with Crippen molar-refractivity contribution in [3.8, 4) is 0 Å². The van der Waals surface area contributed by atoms with Crippen molar-refractivity contribution >= 4 is 12.1 Å². The predicted octanol–water partition coefficient (Wildman–Crippen LogP) is 0.695. The van der Waals surface area contributed by atoms with Crippen LogP contribution >= 0.6 is 0 Å². The van der Waals surface area contributed by atoms with Gasteiger partial charge < -0.3 is 4.74 Å². The molecule has 0 N–H and O–H groups in total. The van der Waals surface area contributed by atoms with E-state index in [9.17, 15) is 9.59 Å². The highest BCUT2D eigenvalue weighted by molar-refractivity contribution is 6.10. The topological polar surface area (TPSA) is 43.4 Å². The summed E-state index contributed by atoms with van der Waals surface area (Å²) in [5.74, 6) is -0.275. The molecule has 0 radical (unpaired) electrons. The number of rotatable bonds is 4. The SMILES string of the molecule is CCO/C=C(\C=O)C(C)=O. The molecule has 0 unspecified atom stereocenters. The van der Waals surface area contributed by atoms with E-state index in [0.29, 0.717) is 12.9 Å². The fraction of sp³-hybridized carbons (Fsp3) is 0.429. The molecular formula is C7H10O3. The van der Waals surface area contributed by atoms with E-state index >= 15 is 0 Å². The standard InChI is InChI=1S/C7H10O3/c1-3-10-5-7(4-8)6(2)9/h4-5H,3H2,1-2H3/b7-5+. The van der Waals surface area contributed by atoms with E-state index in [4.69, 9.17) is 4.74 Å². The number of Topliss-reactive ketones (excluding diaryl/α,β-unsaturated/α-hetero) is 1. The maximum absolute atomic E-state index is 10.5. The monoisotopic (exact) mass is 142 g/mol. The fourth-order valence-electron chi connectivity index (χ4n) is 0.367. The Morgan fingerprint density at radius 1 is 1.60 bits per heavy atom. The molecule has 0 aromatic heterocycles. The van der Waals surface area contributed by atoms with Crippen LogP contribution in [0, 0.1) is 0 Å². The average molecular weight is 142 g/mol. The van der Waals surface area contributed by atoms with Crippen molar-refractivity contribution in [2.75, 3.05) is 6.61 Å². The highest BCUT2D eigenvalue weighted by atomic mass is 16.5. The van der Waals surface area contributed by atoms with Crippen molar-refractivity contribution in [1.29, 1.82) is 0 Å². The lowest BCUT2D eigenvalue weighted by molar-refractivity contribution is -0.116. The normalized spacial score (nSPS) is 10.8. The van der Waals surface area contributed by atoms with Crippen LogP contribution < -0.4 is 0 Å². The zero-order valence-corrected chi connectivity index (χ0v) is 6.09. The summed E-state index contributed by atoms with van der Waals surface area (Å²) >= 11 is 0. The van der Waals surface area contributed by atoms with Gasteiger partial charge in [-0.2, -0.15) is 0 Å². The molecule has 0 aliphatic rings. The molecule has 0 spiro atoms. The van der Waals surface area contributed by atoms with E-state index in [2.05, 4.69) is 0 Å². The van der Waals surface area contributed by atoms with E-state index in [-0.39, 0.29) is 11.4 Å². The fourth-order valence-corrected chi connectivity index (χ4v) is 0.367. The van der Waals surface area contributed by atoms with Crippen molar-refractivity contribution in [3.05, 3.63) is 11.8 Å². The van der Waals surface area contributed by atoms with Crippen molar-refractivity contribution in [1.82, 2.24) is 0 Å². The van der Waals surface area contributed by atoms with Crippen LogP contribution in [0.4, 0.5) is 0 Å². The highest BCUT2D eigenvalue weighted by Crippen LogP contribution is 1.91. The van der Waals surface area contributed by atoms with Crippen molar-refractivity contribution in [2.24, 2.45) is 0 Å². The first-order valence-electron chi connectivity index (χ1n) is 3.00. The van der Waals surface area contributed by atoms with Gasteiger partial charge in [0.1, 0.15) is 0 Å². The maximum atomic E-state index is 10.5. The smallest absolute Gasteiger partial charge is 0.166 e. The minimum absolute atomic E-state index is 0.0712. The highest BCUT2D eigenvalue weighted by Gasteiger charge is 1.99. The molecule has 0 rings (SSSR count). The molecule has 3 heteroatoms. The first kappa shape index (κ1) is 8.88. The van der Waals surface area contributed by atoms with Crippen LogP contribution in [0.15, 0.2) is 11.8 Å². The Kier molecular flexibility index (Phi) is 4.20. The van der Waals surface area contributed by atoms with Gasteiger partial charge in [0, 0.05) is 0 Å². The lowest BCUT2D eigenvalue weighted by Crippen LogP contribution is -1.98. The Bertz CT molecular complexity index is 158. The maximum Gasteiger partial charge on any atom is 0.166 e. The van der Waals surface area contributed by atoms with Crippen LogP contribution in [0.2, 0.25) is 0 Å². The van der Waals surface area contributed by atoms with E-state index in [1.807, 2.05) is 0 Å². The van der Waals surface area contributed by atoms with Gasteiger partial charge in [0.15, 0.2) is 12.1 Å². The first-order chi connectivity index (χ1) is 4.72. The summed E-state index contributed by atoms with van der Waals surface area (Å²) in [6.07, 6.45) is 1.66. The Balaban J connectivity index is 4.04. The third-order valence-corrected chi connectivity index (χ3v) is 0.910. The zero-order chi connectivity index (χ0) is 7.98. The Labute approximate surface area is 59.7 Å². The van der Waals surface area contributed by atoms with Crippen LogP contribution in [-0.2, 0) is 14.3 Å². The zero-order valence-electron chi connectivity index (χ0n) is 6.09.